The molecule has 4 aliphatic rings. The van der Waals surface area contributed by atoms with Gasteiger partial charge in [0.1, 0.15) is 5.82 Å². The molecule has 2 amide bonds. The van der Waals surface area contributed by atoms with Crippen molar-refractivity contribution in [2.75, 3.05) is 64.3 Å². The van der Waals surface area contributed by atoms with Crippen molar-refractivity contribution in [1.82, 2.24) is 19.7 Å². The zero-order chi connectivity index (χ0) is 28.1. The number of aliphatic hydroxyl groups is 1. The number of amides is 2. The largest absolute Gasteiger partial charge is 0.390 e. The van der Waals surface area contributed by atoms with Crippen molar-refractivity contribution in [2.45, 2.75) is 63.5 Å². The number of nitrogens with zero attached hydrogens (tertiary/aromatic N) is 4. The maximum absolute atomic E-state index is 13.7. The van der Waals surface area contributed by atoms with Crippen molar-refractivity contribution in [3.63, 3.8) is 0 Å². The number of hydrogen-bond donors (Lipinski definition) is 2. The fourth-order valence-electron chi connectivity index (χ4n) is 6.49. The molecule has 2 N–H and O–H groups in total. The average molecular weight is 552 g/mol. The third-order valence-electron chi connectivity index (χ3n) is 8.93. The first-order valence-electron chi connectivity index (χ1n) is 15.0. The minimum absolute atomic E-state index is 0.0487. The van der Waals surface area contributed by atoms with Crippen LogP contribution in [-0.2, 0) is 14.9 Å². The molecule has 9 heteroatoms. The van der Waals surface area contributed by atoms with Crippen LogP contribution in [0.2, 0.25) is 0 Å². The van der Waals surface area contributed by atoms with E-state index in [1.54, 1.807) is 6.92 Å². The number of pyridine rings is 1. The second-order valence-electron chi connectivity index (χ2n) is 12.0. The highest BCUT2D eigenvalue weighted by Crippen LogP contribution is 2.40. The lowest BCUT2D eigenvalue weighted by Crippen LogP contribution is -2.60. The van der Waals surface area contributed by atoms with Crippen molar-refractivity contribution < 1.29 is 19.4 Å². The van der Waals surface area contributed by atoms with Gasteiger partial charge in [0.15, 0.2) is 0 Å². The van der Waals surface area contributed by atoms with E-state index in [1.807, 2.05) is 22.1 Å². The summed E-state index contributed by atoms with van der Waals surface area (Å²) >= 11 is 0. The number of anilines is 1. The number of rotatable bonds is 9. The first-order chi connectivity index (χ1) is 19.4. The number of carbonyl (C=O) groups is 2. The summed E-state index contributed by atoms with van der Waals surface area (Å²) < 4.78 is 5.62. The van der Waals surface area contributed by atoms with Crippen molar-refractivity contribution in [3.8, 4) is 0 Å². The summed E-state index contributed by atoms with van der Waals surface area (Å²) in [5.41, 5.74) is 1.36. The molecule has 3 saturated heterocycles. The molecule has 1 atom stereocenters. The normalized spacial score (nSPS) is 23.1. The van der Waals surface area contributed by atoms with Crippen LogP contribution >= 0.6 is 0 Å². The van der Waals surface area contributed by atoms with Crippen LogP contribution in [0.5, 0.6) is 0 Å². The zero-order valence-corrected chi connectivity index (χ0v) is 24.1. The third-order valence-corrected chi connectivity index (χ3v) is 8.93. The Morgan fingerprint density at radius 1 is 1.18 bits per heavy atom. The van der Waals surface area contributed by atoms with Crippen molar-refractivity contribution >= 4 is 17.6 Å². The van der Waals surface area contributed by atoms with Gasteiger partial charge in [-0.2, -0.15) is 0 Å². The van der Waals surface area contributed by atoms with E-state index >= 15 is 0 Å². The Kier molecular flexibility index (Phi) is 9.23. The van der Waals surface area contributed by atoms with Crippen molar-refractivity contribution in [2.24, 2.45) is 5.92 Å². The summed E-state index contributed by atoms with van der Waals surface area (Å²) in [4.78, 5) is 36.0. The van der Waals surface area contributed by atoms with Gasteiger partial charge in [0, 0.05) is 57.4 Å². The highest BCUT2D eigenvalue weighted by Gasteiger charge is 2.49. The third kappa shape index (κ3) is 6.58. The van der Waals surface area contributed by atoms with Crippen LogP contribution < -0.4 is 5.32 Å². The van der Waals surface area contributed by atoms with E-state index in [1.165, 1.54) is 0 Å². The Bertz CT molecular complexity index is 1100. The van der Waals surface area contributed by atoms with Gasteiger partial charge in [0.05, 0.1) is 24.7 Å². The lowest BCUT2D eigenvalue weighted by molar-refractivity contribution is -0.129. The maximum Gasteiger partial charge on any atom is 0.254 e. The van der Waals surface area contributed by atoms with Crippen LogP contribution in [0.25, 0.3) is 0 Å². The van der Waals surface area contributed by atoms with Crippen LogP contribution in [0.4, 0.5) is 5.82 Å². The molecule has 40 heavy (non-hydrogen) atoms. The first-order valence-corrected chi connectivity index (χ1v) is 15.0. The summed E-state index contributed by atoms with van der Waals surface area (Å²) in [6.45, 7) is 9.70. The molecule has 0 aliphatic carbocycles. The molecule has 5 heterocycles. The van der Waals surface area contributed by atoms with Crippen LogP contribution in [0.15, 0.2) is 36.6 Å². The SMILES string of the molecule is CC/C=C\C=C/C1CCN(C[C@@H](O)CN2CC3(COC3)c3cnc(NC4CCN(C(C)=O)CC4)cc3C2=O)CC1. The molecule has 5 rings (SSSR count). The van der Waals surface area contributed by atoms with E-state index in [2.05, 4.69) is 46.4 Å². The molecule has 0 saturated carbocycles. The van der Waals surface area contributed by atoms with Gasteiger partial charge >= 0.3 is 0 Å². The molecule has 0 bridgehead atoms. The number of carbonyl (C=O) groups excluding carboxylic acids is 2. The smallest absolute Gasteiger partial charge is 0.254 e. The fraction of sp³-hybridized carbons (Fsp3) is 0.645. The van der Waals surface area contributed by atoms with E-state index in [9.17, 15) is 14.7 Å². The van der Waals surface area contributed by atoms with E-state index in [0.717, 1.165) is 63.8 Å². The van der Waals surface area contributed by atoms with Crippen molar-refractivity contribution in [1.29, 1.82) is 0 Å². The monoisotopic (exact) mass is 551 g/mol. The minimum Gasteiger partial charge on any atom is -0.390 e. The number of aromatic nitrogens is 1. The highest BCUT2D eigenvalue weighted by atomic mass is 16.5. The molecule has 218 valence electrons. The Balaban J connectivity index is 1.18. The lowest BCUT2D eigenvalue weighted by Gasteiger charge is -2.49. The van der Waals surface area contributed by atoms with Crippen LogP contribution in [0, 0.1) is 5.92 Å². The molecule has 1 aromatic rings. The Labute approximate surface area is 238 Å². The summed E-state index contributed by atoms with van der Waals surface area (Å²) in [6.07, 6.45) is 14.9. The van der Waals surface area contributed by atoms with Gasteiger partial charge in [-0.05, 0) is 62.7 Å². The van der Waals surface area contributed by atoms with Crippen molar-refractivity contribution in [3.05, 3.63) is 47.7 Å². The fourth-order valence-corrected chi connectivity index (χ4v) is 6.49. The van der Waals surface area contributed by atoms with Crippen LogP contribution in [0.3, 0.4) is 0 Å². The molecule has 0 unspecified atom stereocenters. The number of hydrogen-bond acceptors (Lipinski definition) is 7. The molecule has 1 aromatic heterocycles. The average Bonchev–Trinajstić information content (AvgIpc) is 2.93. The molecule has 3 fully saturated rings. The Hall–Kier alpha value is -2.75. The van der Waals surface area contributed by atoms with Crippen LogP contribution in [-0.4, -0.2) is 108 Å². The topological polar surface area (TPSA) is 98.2 Å². The van der Waals surface area contributed by atoms with Gasteiger partial charge in [0.25, 0.3) is 5.91 Å². The Morgan fingerprint density at radius 2 is 1.93 bits per heavy atom. The molecular formula is C31H45N5O4. The van der Waals surface area contributed by atoms with Gasteiger partial charge in [-0.3, -0.25) is 9.59 Å². The van der Waals surface area contributed by atoms with Gasteiger partial charge in [-0.1, -0.05) is 31.2 Å². The highest BCUT2D eigenvalue weighted by molar-refractivity contribution is 5.98. The molecule has 0 aromatic carbocycles. The number of aliphatic hydroxyl groups excluding tert-OH is 1. The van der Waals surface area contributed by atoms with Gasteiger partial charge in [-0.15, -0.1) is 0 Å². The molecule has 9 nitrogen and oxygen atoms in total. The number of ether oxygens (including phenoxy) is 1. The predicted octanol–water partition coefficient (Wildman–Crippen LogP) is 2.82. The maximum atomic E-state index is 13.7. The van der Waals surface area contributed by atoms with Gasteiger partial charge < -0.3 is 29.9 Å². The summed E-state index contributed by atoms with van der Waals surface area (Å²) in [7, 11) is 0. The van der Waals surface area contributed by atoms with E-state index in [-0.39, 0.29) is 23.3 Å². The quantitative estimate of drug-likeness (QED) is 0.456. The number of piperidine rings is 2. The van der Waals surface area contributed by atoms with Gasteiger partial charge in [0.2, 0.25) is 5.91 Å². The molecule has 4 aliphatic heterocycles. The summed E-state index contributed by atoms with van der Waals surface area (Å²) in [6, 6.07) is 2.09. The van der Waals surface area contributed by atoms with E-state index in [0.29, 0.717) is 50.1 Å². The number of fused-ring (bicyclic) bond motifs is 2. The Morgan fingerprint density at radius 3 is 2.58 bits per heavy atom. The minimum atomic E-state index is -0.603. The summed E-state index contributed by atoms with van der Waals surface area (Å²) in [5, 5.41) is 14.5. The number of likely N-dealkylation sites (tertiary alicyclic amines) is 2. The molecule has 0 radical (unpaired) electrons. The standard InChI is InChI=1S/C31H45N5O4/c1-3-4-5-6-7-24-8-12-34(13-9-24)18-26(38)19-36-20-31(21-40-22-31)28-17-32-29(16-27(28)30(36)39)33-25-10-14-35(15-11-25)23(2)37/h4-7,16-17,24-26,38H,3,8-15,18-22H2,1-2H3,(H,32,33)/b5-4-,7-6-/t26-/m1/s1. The van der Waals surface area contributed by atoms with Gasteiger partial charge in [-0.25, -0.2) is 4.98 Å². The second-order valence-corrected chi connectivity index (χ2v) is 12.0. The summed E-state index contributed by atoms with van der Waals surface area (Å²) in [5.74, 6) is 1.34. The lowest BCUT2D eigenvalue weighted by atomic mass is 9.74. The number of nitrogens with one attached hydrogen (secondary N) is 1. The number of β-amino-alcohol motifs (C(OH)–C–C–N with tert-alkyl or cyclic N) is 1. The van der Waals surface area contributed by atoms with E-state index < -0.39 is 6.10 Å². The molecule has 1 spiro atoms. The van der Waals surface area contributed by atoms with E-state index in [4.69, 9.17) is 4.74 Å². The number of allylic oxidation sites excluding steroid dienone is 4. The molecular weight excluding hydrogens is 506 g/mol. The van der Waals surface area contributed by atoms with Crippen LogP contribution in [0.1, 0.15) is 61.9 Å². The first kappa shape index (κ1) is 28.8. The second kappa shape index (κ2) is 12.8. The zero-order valence-electron chi connectivity index (χ0n) is 24.1. The predicted molar refractivity (Wildman–Crippen MR) is 155 cm³/mol.